The average Bonchev–Trinajstić information content (AvgIpc) is 2.87. The van der Waals surface area contributed by atoms with Gasteiger partial charge in [-0.15, -0.1) is 0 Å². The van der Waals surface area contributed by atoms with Crippen LogP contribution in [0, 0.1) is 0 Å². The smallest absolute Gasteiger partial charge is 0.123 e. The number of methoxy groups -OCH3 is 1. The van der Waals surface area contributed by atoms with Gasteiger partial charge in [0.1, 0.15) is 5.76 Å². The molecule has 0 radical (unpaired) electrons. The summed E-state index contributed by atoms with van der Waals surface area (Å²) in [5, 5.41) is 3.24. The fourth-order valence-corrected chi connectivity index (χ4v) is 1.58. The van der Waals surface area contributed by atoms with E-state index in [1.807, 2.05) is 6.07 Å². The molecule has 0 fully saturated rings. The van der Waals surface area contributed by atoms with Crippen LogP contribution in [0.25, 0.3) is 0 Å². The van der Waals surface area contributed by atoms with E-state index < -0.39 is 0 Å². The summed E-state index contributed by atoms with van der Waals surface area (Å²) in [5.41, 5.74) is 1.11. The third-order valence-corrected chi connectivity index (χ3v) is 2.64. The van der Waals surface area contributed by atoms with Gasteiger partial charge in [0, 0.05) is 25.9 Å². The number of hydrogen-bond donors (Lipinski definition) is 1. The standard InChI is InChI=1S/C14H25NO4/c1-3-15-11-14-13(5-8-19-14)12-18-7-4-6-17-10-9-16-2/h5,8,15H,3-4,6-7,9-12H2,1-2H3. The number of furan rings is 1. The lowest BCUT2D eigenvalue weighted by molar-refractivity contribution is 0.0481. The van der Waals surface area contributed by atoms with E-state index in [2.05, 4.69) is 12.2 Å². The van der Waals surface area contributed by atoms with E-state index in [0.717, 1.165) is 30.8 Å². The van der Waals surface area contributed by atoms with Crippen LogP contribution < -0.4 is 5.32 Å². The van der Waals surface area contributed by atoms with Gasteiger partial charge in [0.05, 0.1) is 32.6 Å². The maximum absolute atomic E-state index is 5.61. The monoisotopic (exact) mass is 271 g/mol. The predicted octanol–water partition coefficient (Wildman–Crippen LogP) is 1.96. The van der Waals surface area contributed by atoms with Gasteiger partial charge in [-0.05, 0) is 19.0 Å². The Kier molecular flexibility index (Phi) is 9.36. The minimum atomic E-state index is 0.593. The Labute approximate surface area is 115 Å². The molecule has 0 saturated carbocycles. The van der Waals surface area contributed by atoms with Gasteiger partial charge >= 0.3 is 0 Å². The third-order valence-electron chi connectivity index (χ3n) is 2.64. The molecule has 0 atom stereocenters. The van der Waals surface area contributed by atoms with Gasteiger partial charge in [0.2, 0.25) is 0 Å². The van der Waals surface area contributed by atoms with Crippen molar-refractivity contribution in [1.82, 2.24) is 5.32 Å². The van der Waals surface area contributed by atoms with Gasteiger partial charge in [-0.2, -0.15) is 0 Å². The predicted molar refractivity (Wildman–Crippen MR) is 73.1 cm³/mol. The van der Waals surface area contributed by atoms with E-state index in [-0.39, 0.29) is 0 Å². The van der Waals surface area contributed by atoms with E-state index >= 15 is 0 Å². The Bertz CT molecular complexity index is 314. The molecule has 5 heteroatoms. The van der Waals surface area contributed by atoms with E-state index in [9.17, 15) is 0 Å². The Morgan fingerprint density at radius 1 is 1.16 bits per heavy atom. The average molecular weight is 271 g/mol. The van der Waals surface area contributed by atoms with Crippen LogP contribution in [0.1, 0.15) is 24.7 Å². The zero-order valence-electron chi connectivity index (χ0n) is 11.9. The van der Waals surface area contributed by atoms with Crippen LogP contribution in [-0.4, -0.2) is 40.1 Å². The Morgan fingerprint density at radius 3 is 2.79 bits per heavy atom. The molecule has 1 aromatic rings. The summed E-state index contributed by atoms with van der Waals surface area (Å²) in [7, 11) is 1.67. The van der Waals surface area contributed by atoms with E-state index in [1.165, 1.54) is 0 Å². The lowest BCUT2D eigenvalue weighted by Crippen LogP contribution is -2.12. The van der Waals surface area contributed by atoms with Crippen molar-refractivity contribution in [3.63, 3.8) is 0 Å². The molecule has 19 heavy (non-hydrogen) atoms. The van der Waals surface area contributed by atoms with Crippen LogP contribution in [0.4, 0.5) is 0 Å². The summed E-state index contributed by atoms with van der Waals surface area (Å²) < 4.78 is 21.3. The summed E-state index contributed by atoms with van der Waals surface area (Å²) in [4.78, 5) is 0. The summed E-state index contributed by atoms with van der Waals surface area (Å²) in [6.07, 6.45) is 2.60. The second-order valence-electron chi connectivity index (χ2n) is 4.16. The zero-order chi connectivity index (χ0) is 13.8. The van der Waals surface area contributed by atoms with Crippen molar-refractivity contribution in [2.75, 3.05) is 40.1 Å². The fourth-order valence-electron chi connectivity index (χ4n) is 1.58. The normalized spacial score (nSPS) is 11.1. The van der Waals surface area contributed by atoms with Crippen LogP contribution in [-0.2, 0) is 27.4 Å². The minimum absolute atomic E-state index is 0.593. The Balaban J connectivity index is 2.04. The van der Waals surface area contributed by atoms with Crippen LogP contribution in [0.3, 0.4) is 0 Å². The Morgan fingerprint density at radius 2 is 2.00 bits per heavy atom. The molecule has 0 spiro atoms. The molecule has 1 N–H and O–H groups in total. The van der Waals surface area contributed by atoms with Gasteiger partial charge in [-0.1, -0.05) is 6.92 Å². The molecule has 0 bridgehead atoms. The fraction of sp³-hybridized carbons (Fsp3) is 0.714. The SMILES string of the molecule is CCNCc1occc1COCCCOCCOC. The maximum Gasteiger partial charge on any atom is 0.123 e. The highest BCUT2D eigenvalue weighted by atomic mass is 16.5. The van der Waals surface area contributed by atoms with Crippen molar-refractivity contribution in [1.29, 1.82) is 0 Å². The first kappa shape index (κ1) is 16.2. The zero-order valence-corrected chi connectivity index (χ0v) is 11.9. The molecule has 0 aromatic carbocycles. The molecule has 1 aromatic heterocycles. The van der Waals surface area contributed by atoms with Gasteiger partial charge in [-0.3, -0.25) is 0 Å². The maximum atomic E-state index is 5.61. The summed E-state index contributed by atoms with van der Waals surface area (Å²) in [6.45, 7) is 7.03. The second kappa shape index (κ2) is 11.0. The van der Waals surface area contributed by atoms with Crippen molar-refractivity contribution < 1.29 is 18.6 Å². The van der Waals surface area contributed by atoms with Gasteiger partial charge in [0.25, 0.3) is 0 Å². The molecule has 0 saturated heterocycles. The molecule has 0 unspecified atom stereocenters. The Hall–Kier alpha value is -0.880. The van der Waals surface area contributed by atoms with Crippen molar-refractivity contribution in [3.05, 3.63) is 23.7 Å². The second-order valence-corrected chi connectivity index (χ2v) is 4.16. The highest BCUT2D eigenvalue weighted by molar-refractivity contribution is 5.15. The molecule has 5 nitrogen and oxygen atoms in total. The molecule has 0 aliphatic rings. The van der Waals surface area contributed by atoms with Crippen LogP contribution in [0.2, 0.25) is 0 Å². The minimum Gasteiger partial charge on any atom is -0.468 e. The molecule has 110 valence electrons. The van der Waals surface area contributed by atoms with E-state index in [0.29, 0.717) is 33.0 Å². The topological polar surface area (TPSA) is 52.9 Å². The molecule has 1 heterocycles. The van der Waals surface area contributed by atoms with Crippen molar-refractivity contribution in [2.45, 2.75) is 26.5 Å². The quantitative estimate of drug-likeness (QED) is 0.589. The first-order valence-corrected chi connectivity index (χ1v) is 6.78. The van der Waals surface area contributed by atoms with Gasteiger partial charge < -0.3 is 23.9 Å². The first-order chi connectivity index (χ1) is 9.38. The molecular formula is C14H25NO4. The highest BCUT2D eigenvalue weighted by Crippen LogP contribution is 2.11. The summed E-state index contributed by atoms with van der Waals surface area (Å²) in [5.74, 6) is 0.957. The van der Waals surface area contributed by atoms with Crippen molar-refractivity contribution in [3.8, 4) is 0 Å². The largest absolute Gasteiger partial charge is 0.468 e. The number of ether oxygens (including phenoxy) is 3. The molecule has 0 amide bonds. The number of nitrogens with one attached hydrogen (secondary N) is 1. The third kappa shape index (κ3) is 7.32. The van der Waals surface area contributed by atoms with Crippen molar-refractivity contribution in [2.24, 2.45) is 0 Å². The number of hydrogen-bond acceptors (Lipinski definition) is 5. The lowest BCUT2D eigenvalue weighted by atomic mass is 10.2. The van der Waals surface area contributed by atoms with Gasteiger partial charge in [-0.25, -0.2) is 0 Å². The highest BCUT2D eigenvalue weighted by Gasteiger charge is 2.05. The molecule has 0 aliphatic heterocycles. The van der Waals surface area contributed by atoms with E-state index in [4.69, 9.17) is 18.6 Å². The number of rotatable bonds is 12. The van der Waals surface area contributed by atoms with Crippen LogP contribution in [0.15, 0.2) is 16.7 Å². The summed E-state index contributed by atoms with van der Waals surface area (Å²) >= 11 is 0. The molecule has 1 rings (SSSR count). The van der Waals surface area contributed by atoms with Crippen molar-refractivity contribution >= 4 is 0 Å². The van der Waals surface area contributed by atoms with Crippen LogP contribution >= 0.6 is 0 Å². The molecular weight excluding hydrogens is 246 g/mol. The van der Waals surface area contributed by atoms with E-state index in [1.54, 1.807) is 13.4 Å². The van der Waals surface area contributed by atoms with Crippen LogP contribution in [0.5, 0.6) is 0 Å². The van der Waals surface area contributed by atoms with Gasteiger partial charge in [0.15, 0.2) is 0 Å². The lowest BCUT2D eigenvalue weighted by Gasteiger charge is -2.06. The molecule has 0 aliphatic carbocycles. The summed E-state index contributed by atoms with van der Waals surface area (Å²) in [6, 6.07) is 1.96. The first-order valence-electron chi connectivity index (χ1n) is 6.78.